The zero-order chi connectivity index (χ0) is 25.0. The second kappa shape index (κ2) is 11.8. The van der Waals surface area contributed by atoms with Gasteiger partial charge in [-0.25, -0.2) is 13.6 Å². The van der Waals surface area contributed by atoms with Crippen LogP contribution in [0, 0.1) is 5.92 Å². The SMILES string of the molecule is CN(C(=O)N[C@H]1CC[C@H](CCN2CCN(c3cccc(Cl)c3Cl)CC2)CC1)C1CCC(F)(F)CC1. The van der Waals surface area contributed by atoms with Crippen molar-refractivity contribution in [2.24, 2.45) is 5.92 Å². The molecule has 1 heterocycles. The van der Waals surface area contributed by atoms with E-state index in [2.05, 4.69) is 15.1 Å². The summed E-state index contributed by atoms with van der Waals surface area (Å²) in [6.45, 7) is 5.05. The topological polar surface area (TPSA) is 38.8 Å². The first-order chi connectivity index (χ1) is 16.7. The van der Waals surface area contributed by atoms with E-state index in [0.717, 1.165) is 64.1 Å². The lowest BCUT2D eigenvalue weighted by Crippen LogP contribution is -2.50. The van der Waals surface area contributed by atoms with Crippen molar-refractivity contribution >= 4 is 34.9 Å². The predicted molar refractivity (Wildman–Crippen MR) is 139 cm³/mol. The number of nitrogens with one attached hydrogen (secondary N) is 1. The van der Waals surface area contributed by atoms with Gasteiger partial charge in [0, 0.05) is 58.2 Å². The van der Waals surface area contributed by atoms with Crippen LogP contribution in [-0.2, 0) is 0 Å². The molecule has 0 atom stereocenters. The van der Waals surface area contributed by atoms with Gasteiger partial charge in [0.1, 0.15) is 0 Å². The third-order valence-corrected chi connectivity index (χ3v) is 9.04. The molecule has 1 aliphatic heterocycles. The standard InChI is InChI=1S/C26H38Cl2F2N4O/c1-32(21-9-12-26(29,30)13-10-21)25(35)31-20-7-5-19(6-8-20)11-14-33-15-17-34(18-16-33)23-4-2-3-22(27)24(23)28/h2-4,19-21H,5-18H2,1H3,(H,31,35)/t19-,20-. The summed E-state index contributed by atoms with van der Waals surface area (Å²) in [5.74, 6) is -1.87. The van der Waals surface area contributed by atoms with Crippen molar-refractivity contribution in [1.82, 2.24) is 15.1 Å². The van der Waals surface area contributed by atoms with Crippen LogP contribution in [0.1, 0.15) is 57.8 Å². The number of alkyl halides is 2. The Balaban J connectivity index is 1.12. The minimum atomic E-state index is -2.57. The van der Waals surface area contributed by atoms with E-state index in [1.807, 2.05) is 18.2 Å². The van der Waals surface area contributed by atoms with E-state index in [4.69, 9.17) is 23.2 Å². The molecule has 35 heavy (non-hydrogen) atoms. The highest BCUT2D eigenvalue weighted by atomic mass is 35.5. The van der Waals surface area contributed by atoms with Gasteiger partial charge >= 0.3 is 6.03 Å². The normalized spacial score (nSPS) is 25.9. The van der Waals surface area contributed by atoms with Crippen LogP contribution in [0.2, 0.25) is 10.0 Å². The quantitative estimate of drug-likeness (QED) is 0.470. The molecule has 2 aliphatic carbocycles. The van der Waals surface area contributed by atoms with E-state index < -0.39 is 5.92 Å². The molecule has 2 saturated carbocycles. The first kappa shape index (κ1) is 26.7. The van der Waals surface area contributed by atoms with Crippen LogP contribution < -0.4 is 10.2 Å². The lowest BCUT2D eigenvalue weighted by Gasteiger charge is -2.38. The molecule has 0 bridgehead atoms. The summed E-state index contributed by atoms with van der Waals surface area (Å²) < 4.78 is 26.8. The number of halogens is 4. The number of urea groups is 1. The van der Waals surface area contributed by atoms with E-state index in [9.17, 15) is 13.6 Å². The third kappa shape index (κ3) is 7.14. The van der Waals surface area contributed by atoms with Crippen LogP contribution in [0.3, 0.4) is 0 Å². The summed E-state index contributed by atoms with van der Waals surface area (Å²) in [4.78, 5) is 19.2. The molecular formula is C26H38Cl2F2N4O. The van der Waals surface area contributed by atoms with Crippen LogP contribution in [0.5, 0.6) is 0 Å². The number of benzene rings is 1. The van der Waals surface area contributed by atoms with Gasteiger partial charge in [-0.1, -0.05) is 29.3 Å². The number of carbonyl (C=O) groups excluding carboxylic acids is 1. The first-order valence-electron chi connectivity index (χ1n) is 13.0. The molecule has 2 amide bonds. The van der Waals surface area contributed by atoms with Crippen LogP contribution in [0.4, 0.5) is 19.3 Å². The van der Waals surface area contributed by atoms with Crippen molar-refractivity contribution in [3.05, 3.63) is 28.2 Å². The number of hydrogen-bond acceptors (Lipinski definition) is 3. The van der Waals surface area contributed by atoms with Gasteiger partial charge in [0.2, 0.25) is 5.92 Å². The second-order valence-electron chi connectivity index (χ2n) is 10.6. The predicted octanol–water partition coefficient (Wildman–Crippen LogP) is 6.28. The van der Waals surface area contributed by atoms with Gasteiger partial charge in [-0.05, 0) is 69.5 Å². The molecule has 196 valence electrons. The Morgan fingerprint density at radius 2 is 1.71 bits per heavy atom. The Hall–Kier alpha value is -1.31. The number of anilines is 1. The minimum absolute atomic E-state index is 0.0821. The Labute approximate surface area is 218 Å². The number of amides is 2. The first-order valence-corrected chi connectivity index (χ1v) is 13.8. The molecular weight excluding hydrogens is 493 g/mol. The third-order valence-electron chi connectivity index (χ3n) is 8.23. The van der Waals surface area contributed by atoms with Gasteiger partial charge < -0.3 is 15.1 Å². The Morgan fingerprint density at radius 1 is 1.06 bits per heavy atom. The molecule has 0 spiro atoms. The fourth-order valence-electron chi connectivity index (χ4n) is 5.76. The zero-order valence-electron chi connectivity index (χ0n) is 20.6. The van der Waals surface area contributed by atoms with Crippen molar-refractivity contribution in [2.45, 2.75) is 75.8 Å². The number of hydrogen-bond donors (Lipinski definition) is 1. The van der Waals surface area contributed by atoms with Crippen molar-refractivity contribution in [1.29, 1.82) is 0 Å². The summed E-state index contributed by atoms with van der Waals surface area (Å²) in [6, 6.07) is 5.80. The van der Waals surface area contributed by atoms with Crippen molar-refractivity contribution in [2.75, 3.05) is 44.7 Å². The molecule has 3 aliphatic rings. The van der Waals surface area contributed by atoms with Gasteiger partial charge in [0.25, 0.3) is 0 Å². The Bertz CT molecular complexity index is 848. The van der Waals surface area contributed by atoms with Gasteiger partial charge in [0.15, 0.2) is 0 Å². The molecule has 0 unspecified atom stereocenters. The maximum atomic E-state index is 13.4. The molecule has 3 fully saturated rings. The molecule has 1 aromatic carbocycles. The number of nitrogens with zero attached hydrogens (tertiary/aromatic N) is 3. The fourth-order valence-corrected chi connectivity index (χ4v) is 6.18. The number of piperazine rings is 1. The van der Waals surface area contributed by atoms with E-state index in [-0.39, 0.29) is 31.0 Å². The van der Waals surface area contributed by atoms with Gasteiger partial charge in [-0.15, -0.1) is 0 Å². The van der Waals surface area contributed by atoms with Gasteiger partial charge in [-0.2, -0.15) is 0 Å². The summed E-state index contributed by atoms with van der Waals surface area (Å²) >= 11 is 12.6. The lowest BCUT2D eigenvalue weighted by molar-refractivity contribution is -0.0479. The van der Waals surface area contributed by atoms with E-state index in [1.165, 1.54) is 6.42 Å². The second-order valence-corrected chi connectivity index (χ2v) is 11.3. The van der Waals surface area contributed by atoms with Crippen LogP contribution in [0.25, 0.3) is 0 Å². The van der Waals surface area contributed by atoms with E-state index in [1.54, 1.807) is 11.9 Å². The van der Waals surface area contributed by atoms with Crippen LogP contribution in [0.15, 0.2) is 18.2 Å². The molecule has 1 saturated heterocycles. The minimum Gasteiger partial charge on any atom is -0.368 e. The fraction of sp³-hybridized carbons (Fsp3) is 0.731. The number of rotatable bonds is 6. The van der Waals surface area contributed by atoms with Crippen LogP contribution in [-0.4, -0.2) is 73.6 Å². The Morgan fingerprint density at radius 3 is 2.37 bits per heavy atom. The van der Waals surface area contributed by atoms with Crippen molar-refractivity contribution in [3.8, 4) is 0 Å². The molecule has 4 rings (SSSR count). The maximum absolute atomic E-state index is 13.4. The average Bonchev–Trinajstić information content (AvgIpc) is 2.85. The molecule has 5 nitrogen and oxygen atoms in total. The summed E-state index contributed by atoms with van der Waals surface area (Å²) in [5.41, 5.74) is 1.02. The maximum Gasteiger partial charge on any atom is 0.317 e. The average molecular weight is 532 g/mol. The molecule has 1 N–H and O–H groups in total. The molecule has 0 aromatic heterocycles. The molecule has 1 aromatic rings. The molecule has 9 heteroatoms. The summed E-state index contributed by atoms with van der Waals surface area (Å²) in [6.07, 6.45) is 5.95. The monoisotopic (exact) mass is 530 g/mol. The molecule has 0 radical (unpaired) electrons. The number of carbonyl (C=O) groups is 1. The lowest BCUT2D eigenvalue weighted by atomic mass is 9.84. The largest absolute Gasteiger partial charge is 0.368 e. The Kier molecular flexibility index (Phi) is 9.04. The van der Waals surface area contributed by atoms with Crippen molar-refractivity contribution in [3.63, 3.8) is 0 Å². The van der Waals surface area contributed by atoms with Crippen molar-refractivity contribution < 1.29 is 13.6 Å². The highest BCUT2D eigenvalue weighted by molar-refractivity contribution is 6.43. The highest BCUT2D eigenvalue weighted by Gasteiger charge is 2.37. The van der Waals surface area contributed by atoms with Crippen LogP contribution >= 0.6 is 23.2 Å². The zero-order valence-corrected chi connectivity index (χ0v) is 22.1. The van der Waals surface area contributed by atoms with Gasteiger partial charge in [0.05, 0.1) is 15.7 Å². The van der Waals surface area contributed by atoms with Gasteiger partial charge in [-0.3, -0.25) is 4.90 Å². The van der Waals surface area contributed by atoms with E-state index >= 15 is 0 Å². The van der Waals surface area contributed by atoms with E-state index in [0.29, 0.717) is 28.8 Å². The summed E-state index contributed by atoms with van der Waals surface area (Å²) in [7, 11) is 1.75. The smallest absolute Gasteiger partial charge is 0.317 e. The highest BCUT2D eigenvalue weighted by Crippen LogP contribution is 2.35. The summed E-state index contributed by atoms with van der Waals surface area (Å²) in [5, 5.41) is 4.39.